The van der Waals surface area contributed by atoms with Crippen LogP contribution in [0.2, 0.25) is 0 Å². The molecule has 0 amide bonds. The fraction of sp³-hybridized carbons (Fsp3) is 0.800. The first-order valence-electron chi connectivity index (χ1n) is 4.64. The normalized spacial score (nSPS) is 22.8. The lowest BCUT2D eigenvalue weighted by Gasteiger charge is -2.10. The molecule has 0 saturated carbocycles. The quantitative estimate of drug-likeness (QED) is 0.623. The molecule has 13 heavy (non-hydrogen) atoms. The smallest absolute Gasteiger partial charge is 0.107 e. The summed E-state index contributed by atoms with van der Waals surface area (Å²) in [6, 6.07) is 0. The molecule has 0 spiro atoms. The summed E-state index contributed by atoms with van der Waals surface area (Å²) < 4.78 is 4.82. The summed E-state index contributed by atoms with van der Waals surface area (Å²) in [5.41, 5.74) is 0. The largest absolute Gasteiger partial charge is 0.396 e. The van der Waals surface area contributed by atoms with E-state index < -0.39 is 0 Å². The average Bonchev–Trinajstić information content (AvgIpc) is 2.60. The van der Waals surface area contributed by atoms with Crippen molar-refractivity contribution >= 4 is 0 Å². The number of methoxy groups -OCH3 is 1. The van der Waals surface area contributed by atoms with Crippen LogP contribution in [0.3, 0.4) is 0 Å². The molecule has 0 radical (unpaired) electrons. The van der Waals surface area contributed by atoms with E-state index in [1.54, 1.807) is 7.11 Å². The van der Waals surface area contributed by atoms with Gasteiger partial charge in [0.05, 0.1) is 6.54 Å². The van der Waals surface area contributed by atoms with Crippen LogP contribution in [0.25, 0.3) is 0 Å². The molecule has 1 N–H and O–H groups in total. The minimum Gasteiger partial charge on any atom is -0.396 e. The first-order chi connectivity index (χ1) is 6.36. The second kappa shape index (κ2) is 5.98. The van der Waals surface area contributed by atoms with Crippen molar-refractivity contribution in [2.75, 3.05) is 40.0 Å². The Balaban J connectivity index is 2.14. The summed E-state index contributed by atoms with van der Waals surface area (Å²) in [6.45, 7) is 3.67. The lowest BCUT2D eigenvalue weighted by Crippen LogP contribution is -2.21. The van der Waals surface area contributed by atoms with E-state index in [9.17, 15) is 0 Å². The fourth-order valence-electron chi connectivity index (χ4n) is 1.50. The van der Waals surface area contributed by atoms with Crippen LogP contribution in [0.1, 0.15) is 6.42 Å². The van der Waals surface area contributed by atoms with Crippen LogP contribution in [0.5, 0.6) is 0 Å². The van der Waals surface area contributed by atoms with Gasteiger partial charge < -0.3 is 9.84 Å². The molecular formula is C10H17NO2. The molecule has 0 aromatic heterocycles. The van der Waals surface area contributed by atoms with E-state index in [-0.39, 0.29) is 0 Å². The molecule has 1 aliphatic rings. The van der Waals surface area contributed by atoms with Crippen molar-refractivity contribution in [1.29, 1.82) is 0 Å². The Morgan fingerprint density at radius 3 is 3.00 bits per heavy atom. The van der Waals surface area contributed by atoms with Gasteiger partial charge in [-0.05, 0) is 18.9 Å². The van der Waals surface area contributed by atoms with Gasteiger partial charge in [-0.25, -0.2) is 0 Å². The van der Waals surface area contributed by atoms with Crippen molar-refractivity contribution < 1.29 is 9.84 Å². The summed E-state index contributed by atoms with van der Waals surface area (Å²) in [5, 5.41) is 8.91. The molecule has 3 nitrogen and oxygen atoms in total. The summed E-state index contributed by atoms with van der Waals surface area (Å²) in [7, 11) is 1.65. The Morgan fingerprint density at radius 2 is 2.38 bits per heavy atom. The van der Waals surface area contributed by atoms with E-state index in [2.05, 4.69) is 16.7 Å². The molecule has 1 rings (SSSR count). The number of likely N-dealkylation sites (tertiary alicyclic amines) is 1. The predicted molar refractivity (Wildman–Crippen MR) is 51.3 cm³/mol. The van der Waals surface area contributed by atoms with Gasteiger partial charge in [-0.15, -0.1) is 0 Å². The van der Waals surface area contributed by atoms with Crippen LogP contribution in [0.15, 0.2) is 0 Å². The van der Waals surface area contributed by atoms with Crippen molar-refractivity contribution in [3.8, 4) is 11.8 Å². The molecule has 1 heterocycles. The van der Waals surface area contributed by atoms with E-state index >= 15 is 0 Å². The predicted octanol–water partition coefficient (Wildman–Crippen LogP) is -0.0496. The zero-order valence-electron chi connectivity index (χ0n) is 8.12. The molecule has 74 valence electrons. The Kier molecular flexibility index (Phi) is 4.84. The number of aliphatic hydroxyl groups excluding tert-OH is 1. The first kappa shape index (κ1) is 10.5. The van der Waals surface area contributed by atoms with Crippen LogP contribution in [0.4, 0.5) is 0 Å². The minimum absolute atomic E-state index is 0.308. The lowest BCUT2D eigenvalue weighted by molar-refractivity contribution is 0.225. The minimum atomic E-state index is 0.308. The van der Waals surface area contributed by atoms with Gasteiger partial charge in [0.15, 0.2) is 0 Å². The van der Waals surface area contributed by atoms with E-state index in [4.69, 9.17) is 9.84 Å². The van der Waals surface area contributed by atoms with E-state index in [0.29, 0.717) is 19.1 Å². The van der Waals surface area contributed by atoms with Gasteiger partial charge in [-0.3, -0.25) is 4.90 Å². The topological polar surface area (TPSA) is 32.7 Å². The van der Waals surface area contributed by atoms with Crippen molar-refractivity contribution in [2.24, 2.45) is 5.92 Å². The maximum atomic E-state index is 8.91. The Morgan fingerprint density at radius 1 is 1.54 bits per heavy atom. The van der Waals surface area contributed by atoms with Gasteiger partial charge in [0, 0.05) is 20.3 Å². The third-order valence-electron chi connectivity index (χ3n) is 2.27. The van der Waals surface area contributed by atoms with E-state index in [0.717, 1.165) is 26.1 Å². The van der Waals surface area contributed by atoms with Gasteiger partial charge in [-0.1, -0.05) is 11.8 Å². The summed E-state index contributed by atoms with van der Waals surface area (Å²) in [5.74, 6) is 6.42. The second-order valence-corrected chi connectivity index (χ2v) is 3.36. The molecule has 0 aromatic carbocycles. The van der Waals surface area contributed by atoms with Crippen molar-refractivity contribution in [1.82, 2.24) is 4.90 Å². The lowest BCUT2D eigenvalue weighted by atomic mass is 10.1. The fourth-order valence-corrected chi connectivity index (χ4v) is 1.50. The molecule has 0 unspecified atom stereocenters. The molecule has 0 aliphatic carbocycles. The second-order valence-electron chi connectivity index (χ2n) is 3.36. The highest BCUT2D eigenvalue weighted by Gasteiger charge is 2.20. The maximum absolute atomic E-state index is 8.91. The molecule has 1 fully saturated rings. The van der Waals surface area contributed by atoms with Crippen LogP contribution < -0.4 is 0 Å². The summed E-state index contributed by atoms with van der Waals surface area (Å²) in [6.07, 6.45) is 1.10. The van der Waals surface area contributed by atoms with Gasteiger partial charge >= 0.3 is 0 Å². The first-order valence-corrected chi connectivity index (χ1v) is 4.64. The Hall–Kier alpha value is -0.560. The number of rotatable bonds is 3. The zero-order valence-corrected chi connectivity index (χ0v) is 8.12. The van der Waals surface area contributed by atoms with E-state index in [1.165, 1.54) is 0 Å². The van der Waals surface area contributed by atoms with Crippen LogP contribution in [-0.4, -0.2) is 50.0 Å². The van der Waals surface area contributed by atoms with Crippen molar-refractivity contribution in [2.45, 2.75) is 6.42 Å². The van der Waals surface area contributed by atoms with Crippen molar-refractivity contribution in [3.63, 3.8) is 0 Å². The van der Waals surface area contributed by atoms with Gasteiger partial charge in [-0.2, -0.15) is 0 Å². The number of hydrogen-bond donors (Lipinski definition) is 1. The molecule has 1 saturated heterocycles. The molecule has 3 heteroatoms. The third kappa shape index (κ3) is 3.77. The number of nitrogens with zero attached hydrogens (tertiary/aromatic N) is 1. The Bertz CT molecular complexity index is 195. The molecular weight excluding hydrogens is 166 g/mol. The zero-order chi connectivity index (χ0) is 9.52. The van der Waals surface area contributed by atoms with Gasteiger partial charge in [0.1, 0.15) is 6.61 Å². The van der Waals surface area contributed by atoms with Crippen molar-refractivity contribution in [3.05, 3.63) is 0 Å². The van der Waals surface area contributed by atoms with Gasteiger partial charge in [0.25, 0.3) is 0 Å². The van der Waals surface area contributed by atoms with Crippen LogP contribution >= 0.6 is 0 Å². The molecule has 0 aromatic rings. The summed E-state index contributed by atoms with van der Waals surface area (Å²) in [4.78, 5) is 2.27. The third-order valence-corrected chi connectivity index (χ3v) is 2.27. The standard InChI is InChI=1S/C10H17NO2/c1-13-7-3-2-5-11-6-4-10(8-11)9-12/h10,12H,4-9H2,1H3/t10-/m1/s1. The van der Waals surface area contributed by atoms with E-state index in [1.807, 2.05) is 0 Å². The number of hydrogen-bond acceptors (Lipinski definition) is 3. The molecule has 0 bridgehead atoms. The van der Waals surface area contributed by atoms with Crippen LogP contribution in [0, 0.1) is 17.8 Å². The molecule has 1 atom stereocenters. The summed E-state index contributed by atoms with van der Waals surface area (Å²) >= 11 is 0. The molecule has 1 aliphatic heterocycles. The highest BCUT2D eigenvalue weighted by molar-refractivity contribution is 5.02. The number of ether oxygens (including phenoxy) is 1. The average molecular weight is 183 g/mol. The highest BCUT2D eigenvalue weighted by Crippen LogP contribution is 2.13. The SMILES string of the molecule is COCC#CCN1CC[C@@H](CO)C1. The highest BCUT2D eigenvalue weighted by atomic mass is 16.5. The number of aliphatic hydroxyl groups is 1. The van der Waals surface area contributed by atoms with Gasteiger partial charge in [0.2, 0.25) is 0 Å². The Labute approximate surface area is 79.7 Å². The maximum Gasteiger partial charge on any atom is 0.107 e. The monoisotopic (exact) mass is 183 g/mol. The van der Waals surface area contributed by atoms with Crippen LogP contribution in [-0.2, 0) is 4.74 Å².